The first-order chi connectivity index (χ1) is 25.5. The average molecular weight is 671 g/mol. The minimum absolute atomic E-state index is 0.126. The summed E-state index contributed by atoms with van der Waals surface area (Å²) >= 11 is 0. The highest BCUT2D eigenvalue weighted by Gasteiger charge is 2.35. The molecule has 9 aromatic rings. The lowest BCUT2D eigenvalue weighted by Gasteiger charge is -2.28. The van der Waals surface area contributed by atoms with Gasteiger partial charge < -0.3 is 13.9 Å². The molecule has 0 aliphatic heterocycles. The fraction of sp³-hybridized carbons (Fsp3) is 0.0638. The molecule has 5 nitrogen and oxygen atoms in total. The average Bonchev–Trinajstić information content (AvgIpc) is 3.88. The maximum Gasteiger partial charge on any atom is 0.248 e. The summed E-state index contributed by atoms with van der Waals surface area (Å²) in [6.45, 7) is 4.67. The van der Waals surface area contributed by atoms with Crippen molar-refractivity contribution < 1.29 is 4.42 Å². The Morgan fingerprint density at radius 1 is 0.481 bits per heavy atom. The lowest BCUT2D eigenvalue weighted by Crippen LogP contribution is -2.16. The number of nitrogens with zero attached hydrogens (tertiary/aromatic N) is 4. The second kappa shape index (κ2) is 11.7. The van der Waals surface area contributed by atoms with Crippen molar-refractivity contribution in [2.24, 2.45) is 0 Å². The predicted octanol–water partition coefficient (Wildman–Crippen LogP) is 12.3. The van der Waals surface area contributed by atoms with Crippen molar-refractivity contribution in [3.8, 4) is 39.7 Å². The van der Waals surface area contributed by atoms with Gasteiger partial charge in [-0.05, 0) is 107 Å². The summed E-state index contributed by atoms with van der Waals surface area (Å²) in [6.07, 6.45) is 0. The summed E-state index contributed by atoms with van der Waals surface area (Å²) in [7, 11) is 0. The second-order valence-corrected chi connectivity index (χ2v) is 14.0. The molecule has 0 fully saturated rings. The van der Waals surface area contributed by atoms with Gasteiger partial charge in [0.2, 0.25) is 11.8 Å². The molecule has 10 rings (SSSR count). The molecule has 0 spiro atoms. The van der Waals surface area contributed by atoms with E-state index in [-0.39, 0.29) is 5.41 Å². The van der Waals surface area contributed by atoms with Crippen molar-refractivity contribution in [3.05, 3.63) is 181 Å². The Morgan fingerprint density at radius 2 is 1.06 bits per heavy atom. The normalized spacial score (nSPS) is 13.0. The van der Waals surface area contributed by atoms with Crippen LogP contribution in [0.15, 0.2) is 174 Å². The summed E-state index contributed by atoms with van der Waals surface area (Å²) in [5.41, 5.74) is 13.6. The van der Waals surface area contributed by atoms with Gasteiger partial charge in [0.05, 0.1) is 11.0 Å². The molecule has 0 N–H and O–H groups in total. The quantitative estimate of drug-likeness (QED) is 0.177. The first-order valence-corrected chi connectivity index (χ1v) is 17.7. The Hall–Kier alpha value is -6.72. The third-order valence-corrected chi connectivity index (χ3v) is 10.6. The van der Waals surface area contributed by atoms with Crippen LogP contribution < -0.4 is 4.90 Å². The van der Waals surface area contributed by atoms with Crippen molar-refractivity contribution in [3.63, 3.8) is 0 Å². The smallest absolute Gasteiger partial charge is 0.248 e. The van der Waals surface area contributed by atoms with Crippen LogP contribution in [0.3, 0.4) is 0 Å². The molecule has 7 aromatic carbocycles. The number of anilines is 3. The molecule has 2 heterocycles. The van der Waals surface area contributed by atoms with Crippen molar-refractivity contribution in [2.45, 2.75) is 19.3 Å². The summed E-state index contributed by atoms with van der Waals surface area (Å²) in [4.78, 5) is 2.36. The first-order valence-electron chi connectivity index (χ1n) is 17.7. The van der Waals surface area contributed by atoms with Crippen LogP contribution >= 0.6 is 0 Å². The maximum absolute atomic E-state index is 6.12. The van der Waals surface area contributed by atoms with E-state index >= 15 is 0 Å². The molecule has 0 atom stereocenters. The molecule has 52 heavy (non-hydrogen) atoms. The fourth-order valence-electron chi connectivity index (χ4n) is 8.02. The molecule has 248 valence electrons. The van der Waals surface area contributed by atoms with Crippen LogP contribution in [-0.2, 0) is 5.41 Å². The molecule has 0 bridgehead atoms. The van der Waals surface area contributed by atoms with Gasteiger partial charge in [0.15, 0.2) is 0 Å². The van der Waals surface area contributed by atoms with Crippen molar-refractivity contribution >= 4 is 38.9 Å². The SMILES string of the molecule is CC1(C)c2ccccc2-c2ccc(N(c3ccc(-c4nnc(-c5ccccc5)o4)cc3)c3ccc4c(c3)c3ccccc3n4-c3ccccc3)cc21. The summed E-state index contributed by atoms with van der Waals surface area (Å²) < 4.78 is 8.48. The van der Waals surface area contributed by atoms with Gasteiger partial charge in [-0.25, -0.2) is 0 Å². The molecular weight excluding hydrogens is 637 g/mol. The third-order valence-electron chi connectivity index (χ3n) is 10.6. The van der Waals surface area contributed by atoms with E-state index in [9.17, 15) is 0 Å². The topological polar surface area (TPSA) is 47.1 Å². The van der Waals surface area contributed by atoms with E-state index < -0.39 is 0 Å². The fourth-order valence-corrected chi connectivity index (χ4v) is 8.02. The molecule has 2 aromatic heterocycles. The molecular formula is C47H34N4O. The Kier molecular flexibility index (Phi) is 6.77. The van der Waals surface area contributed by atoms with Crippen LogP contribution in [0, 0.1) is 0 Å². The highest BCUT2D eigenvalue weighted by molar-refractivity contribution is 6.10. The number of para-hydroxylation sites is 2. The summed E-state index contributed by atoms with van der Waals surface area (Å²) in [6, 6.07) is 60.1. The molecule has 0 amide bonds. The van der Waals surface area contributed by atoms with Crippen molar-refractivity contribution in [1.29, 1.82) is 0 Å². The summed E-state index contributed by atoms with van der Waals surface area (Å²) in [5.74, 6) is 0.996. The number of benzene rings is 7. The molecule has 1 aliphatic rings. The number of rotatable bonds is 6. The van der Waals surface area contributed by atoms with Gasteiger partial charge in [-0.1, -0.05) is 98.8 Å². The summed E-state index contributed by atoms with van der Waals surface area (Å²) in [5, 5.41) is 11.1. The van der Waals surface area contributed by atoms with E-state index in [0.717, 1.165) is 33.9 Å². The molecule has 1 aliphatic carbocycles. The van der Waals surface area contributed by atoms with Crippen molar-refractivity contribution in [1.82, 2.24) is 14.8 Å². The van der Waals surface area contributed by atoms with E-state index in [2.05, 4.69) is 173 Å². The number of hydrogen-bond donors (Lipinski definition) is 0. The minimum atomic E-state index is -0.126. The van der Waals surface area contributed by atoms with Gasteiger partial charge in [0.1, 0.15) is 0 Å². The second-order valence-electron chi connectivity index (χ2n) is 14.0. The third kappa shape index (κ3) is 4.70. The van der Waals surface area contributed by atoms with E-state index in [4.69, 9.17) is 4.42 Å². The van der Waals surface area contributed by atoms with Gasteiger partial charge >= 0.3 is 0 Å². The Bertz CT molecular complexity index is 2760. The Labute approximate surface area is 302 Å². The van der Waals surface area contributed by atoms with Gasteiger partial charge in [-0.3, -0.25) is 0 Å². The zero-order valence-corrected chi connectivity index (χ0v) is 28.9. The van der Waals surface area contributed by atoms with Crippen LogP contribution in [0.1, 0.15) is 25.0 Å². The zero-order valence-electron chi connectivity index (χ0n) is 28.9. The van der Waals surface area contributed by atoms with Gasteiger partial charge in [-0.15, -0.1) is 10.2 Å². The van der Waals surface area contributed by atoms with Crippen LogP contribution in [0.2, 0.25) is 0 Å². The Morgan fingerprint density at radius 3 is 1.85 bits per heavy atom. The maximum atomic E-state index is 6.12. The molecule has 5 heteroatoms. The molecule has 0 unspecified atom stereocenters. The van der Waals surface area contributed by atoms with Crippen LogP contribution in [-0.4, -0.2) is 14.8 Å². The molecule has 0 radical (unpaired) electrons. The van der Waals surface area contributed by atoms with Gasteiger partial charge in [0, 0.05) is 50.1 Å². The Balaban J connectivity index is 1.13. The van der Waals surface area contributed by atoms with Crippen molar-refractivity contribution in [2.75, 3.05) is 4.90 Å². The number of hydrogen-bond acceptors (Lipinski definition) is 4. The molecule has 0 saturated carbocycles. The minimum Gasteiger partial charge on any atom is -0.416 e. The predicted molar refractivity (Wildman–Crippen MR) is 212 cm³/mol. The number of fused-ring (bicyclic) bond motifs is 6. The van der Waals surface area contributed by atoms with Gasteiger partial charge in [0.25, 0.3) is 0 Å². The zero-order chi connectivity index (χ0) is 34.8. The lowest BCUT2D eigenvalue weighted by molar-refractivity contribution is 0.584. The number of aromatic nitrogens is 3. The first kappa shape index (κ1) is 30.1. The van der Waals surface area contributed by atoms with E-state index in [0.29, 0.717) is 11.8 Å². The van der Waals surface area contributed by atoms with Crippen LogP contribution in [0.25, 0.3) is 61.5 Å². The van der Waals surface area contributed by atoms with Crippen LogP contribution in [0.4, 0.5) is 17.1 Å². The lowest BCUT2D eigenvalue weighted by atomic mass is 9.82. The van der Waals surface area contributed by atoms with Gasteiger partial charge in [-0.2, -0.15) is 0 Å². The van der Waals surface area contributed by atoms with E-state index in [1.165, 1.54) is 44.1 Å². The van der Waals surface area contributed by atoms with Crippen LogP contribution in [0.5, 0.6) is 0 Å². The van der Waals surface area contributed by atoms with E-state index in [1.807, 2.05) is 30.3 Å². The standard InChI is InChI=1S/C47H34N4O/c1-47(2)41-19-11-9-17-37(41)38-27-25-36(30-42(38)47)50(34-23-21-32(22-24-34)46-49-48-45(52-46)31-13-5-3-6-14-31)35-26-28-44-40(29-35)39-18-10-12-20-43(39)51(44)33-15-7-4-8-16-33/h3-30H,1-2H3. The van der Waals surface area contributed by atoms with E-state index in [1.54, 1.807) is 0 Å². The largest absolute Gasteiger partial charge is 0.416 e. The monoisotopic (exact) mass is 670 g/mol. The highest BCUT2D eigenvalue weighted by atomic mass is 16.4. The molecule has 0 saturated heterocycles. The highest BCUT2D eigenvalue weighted by Crippen LogP contribution is 2.51.